The summed E-state index contributed by atoms with van der Waals surface area (Å²) in [7, 11) is 0. The summed E-state index contributed by atoms with van der Waals surface area (Å²) in [5, 5.41) is 7.75. The van der Waals surface area contributed by atoms with Crippen LogP contribution < -0.4 is 0 Å². The normalized spacial score (nSPS) is 16.3. The monoisotopic (exact) mass is 519 g/mol. The number of benzene rings is 1. The molecule has 0 radical (unpaired) electrons. The van der Waals surface area contributed by atoms with Crippen LogP contribution in [0.4, 0.5) is 30.7 Å². The second kappa shape index (κ2) is 9.09. The first kappa shape index (κ1) is 24.6. The van der Waals surface area contributed by atoms with Gasteiger partial charge in [0.15, 0.2) is 0 Å². The lowest BCUT2D eigenvalue weighted by atomic mass is 10.00. The fraction of sp³-hybridized carbons (Fsp3) is 0.200. The van der Waals surface area contributed by atoms with Crippen molar-refractivity contribution in [2.75, 3.05) is 0 Å². The molecule has 3 heterocycles. The van der Waals surface area contributed by atoms with Crippen molar-refractivity contribution in [2.24, 2.45) is 0 Å². The molecule has 1 unspecified atom stereocenters. The molecule has 0 amide bonds. The van der Waals surface area contributed by atoms with E-state index in [1.165, 1.54) is 18.5 Å². The summed E-state index contributed by atoms with van der Waals surface area (Å²) in [6, 6.07) is 5.74. The Morgan fingerprint density at radius 2 is 1.68 bits per heavy atom. The highest BCUT2D eigenvalue weighted by molar-refractivity contribution is 5.74. The minimum Gasteiger partial charge on any atom is -0.331 e. The van der Waals surface area contributed by atoms with E-state index in [0.717, 1.165) is 6.07 Å². The molecule has 2 aromatic rings. The largest absolute Gasteiger partial charge is 0.417 e. The summed E-state index contributed by atoms with van der Waals surface area (Å²) in [5.41, 5.74) is -1.19. The van der Waals surface area contributed by atoms with Gasteiger partial charge >= 0.3 is 12.4 Å². The van der Waals surface area contributed by atoms with E-state index in [-0.39, 0.29) is 24.7 Å². The van der Waals surface area contributed by atoms with Gasteiger partial charge in [0.1, 0.15) is 11.9 Å². The molecule has 12 heteroatoms. The van der Waals surface area contributed by atoms with E-state index in [9.17, 15) is 30.7 Å². The van der Waals surface area contributed by atoms with E-state index in [4.69, 9.17) is 0 Å². The second-order valence-corrected chi connectivity index (χ2v) is 8.38. The highest BCUT2D eigenvalue weighted by Gasteiger charge is 2.38. The summed E-state index contributed by atoms with van der Waals surface area (Å²) < 4.78 is 95.1. The molecule has 1 aliphatic carbocycles. The molecule has 0 N–H and O–H groups in total. The van der Waals surface area contributed by atoms with Crippen LogP contribution in [0.5, 0.6) is 0 Å². The standard InChI is InChI=1S/C25H16F7N5/c26-19-4-2-1-3-17(19)21-10-22-23(34-21)12-37(13-33-22)11-15-6-8-20(36-35-15)16-7-5-14(24(27,28)29)9-18(16)25(30,31)32/h1-3,5-10,12-13,19H,4,11H2. The highest BCUT2D eigenvalue weighted by atomic mass is 19.4. The Bertz CT molecular complexity index is 1470. The summed E-state index contributed by atoms with van der Waals surface area (Å²) >= 11 is 0. The van der Waals surface area contributed by atoms with Crippen molar-refractivity contribution >= 4 is 5.57 Å². The smallest absolute Gasteiger partial charge is 0.331 e. The van der Waals surface area contributed by atoms with Crippen molar-refractivity contribution in [3.8, 4) is 22.6 Å². The zero-order chi connectivity index (χ0) is 26.4. The molecule has 3 aliphatic rings. The fourth-order valence-electron chi connectivity index (χ4n) is 3.98. The molecular weight excluding hydrogens is 503 g/mol. The first-order chi connectivity index (χ1) is 17.5. The van der Waals surface area contributed by atoms with Crippen molar-refractivity contribution in [2.45, 2.75) is 31.5 Å². The van der Waals surface area contributed by atoms with E-state index in [2.05, 4.69) is 20.2 Å². The number of halogens is 7. The minimum absolute atomic E-state index is 0.0631. The molecule has 0 spiro atoms. The van der Waals surface area contributed by atoms with Crippen molar-refractivity contribution < 1.29 is 30.7 Å². The van der Waals surface area contributed by atoms with Crippen LogP contribution >= 0.6 is 0 Å². The van der Waals surface area contributed by atoms with Crippen LogP contribution in [0, 0.1) is 0 Å². The predicted molar refractivity (Wildman–Crippen MR) is 120 cm³/mol. The molecule has 5 nitrogen and oxygen atoms in total. The minimum atomic E-state index is -5.02. The average Bonchev–Trinajstić information content (AvgIpc) is 3.26. The Balaban J connectivity index is 1.39. The van der Waals surface area contributed by atoms with Gasteiger partial charge in [-0.15, -0.1) is 0 Å². The van der Waals surface area contributed by atoms with Gasteiger partial charge in [-0.3, -0.25) is 0 Å². The lowest BCUT2D eigenvalue weighted by molar-refractivity contribution is -0.142. The van der Waals surface area contributed by atoms with Crippen molar-refractivity contribution in [3.05, 3.63) is 89.7 Å². The topological polar surface area (TPSA) is 56.5 Å². The van der Waals surface area contributed by atoms with Gasteiger partial charge in [0, 0.05) is 23.8 Å². The van der Waals surface area contributed by atoms with Crippen molar-refractivity contribution in [1.82, 2.24) is 24.7 Å². The van der Waals surface area contributed by atoms with Crippen LogP contribution in [-0.4, -0.2) is 30.9 Å². The van der Waals surface area contributed by atoms with E-state index < -0.39 is 35.2 Å². The molecule has 1 aromatic carbocycles. The predicted octanol–water partition coefficient (Wildman–Crippen LogP) is 6.61. The zero-order valence-electron chi connectivity index (χ0n) is 18.7. The molecule has 1 aromatic heterocycles. The van der Waals surface area contributed by atoms with E-state index in [1.54, 1.807) is 35.1 Å². The van der Waals surface area contributed by atoms with Gasteiger partial charge in [-0.05, 0) is 30.3 Å². The summed E-state index contributed by atoms with van der Waals surface area (Å²) in [6.07, 6.45) is -2.48. The molecule has 37 heavy (non-hydrogen) atoms. The van der Waals surface area contributed by atoms with Crippen LogP contribution in [0.1, 0.15) is 28.9 Å². The Morgan fingerprint density at radius 1 is 0.865 bits per heavy atom. The third-order valence-corrected chi connectivity index (χ3v) is 5.79. The van der Waals surface area contributed by atoms with Gasteiger partial charge in [-0.25, -0.2) is 14.4 Å². The summed E-state index contributed by atoms with van der Waals surface area (Å²) in [6.45, 7) is 0.148. The number of rotatable bonds is 4. The Kier molecular flexibility index (Phi) is 6.04. The maximum Gasteiger partial charge on any atom is 0.417 e. The van der Waals surface area contributed by atoms with Crippen LogP contribution in [-0.2, 0) is 18.9 Å². The number of aromatic nitrogens is 5. The first-order valence-electron chi connectivity index (χ1n) is 10.9. The summed E-state index contributed by atoms with van der Waals surface area (Å²) in [4.78, 5) is 8.77. The second-order valence-electron chi connectivity index (χ2n) is 8.38. The van der Waals surface area contributed by atoms with Crippen molar-refractivity contribution in [3.63, 3.8) is 0 Å². The van der Waals surface area contributed by atoms with Crippen LogP contribution in [0.15, 0.2) is 67.2 Å². The Hall–Kier alpha value is -4.09. The summed E-state index contributed by atoms with van der Waals surface area (Å²) in [5.74, 6) is 0. The molecule has 0 fully saturated rings. The van der Waals surface area contributed by atoms with Gasteiger partial charge in [0.2, 0.25) is 0 Å². The molecule has 0 saturated heterocycles. The molecule has 5 rings (SSSR count). The molecular formula is C25H16F7N5. The van der Waals surface area contributed by atoms with Gasteiger partial charge in [-0.2, -0.15) is 36.5 Å². The van der Waals surface area contributed by atoms with Crippen LogP contribution in [0.25, 0.3) is 28.2 Å². The van der Waals surface area contributed by atoms with Crippen molar-refractivity contribution in [1.29, 1.82) is 0 Å². The Morgan fingerprint density at radius 3 is 2.35 bits per heavy atom. The number of nitrogens with zero attached hydrogens (tertiary/aromatic N) is 5. The van der Waals surface area contributed by atoms with E-state index in [0.29, 0.717) is 34.4 Å². The third kappa shape index (κ3) is 5.09. The van der Waals surface area contributed by atoms with E-state index >= 15 is 0 Å². The Labute approximate surface area is 205 Å². The number of allylic oxidation sites excluding steroid dienone is 4. The SMILES string of the molecule is FC1CC=CC=C1c1cc2ncn(Cc3ccc(-c4ccc(C(F)(F)F)cc4C(F)(F)F)nn3)cc-2n1. The van der Waals surface area contributed by atoms with Gasteiger partial charge in [0.05, 0.1) is 46.8 Å². The third-order valence-electron chi connectivity index (χ3n) is 5.79. The number of alkyl halides is 7. The maximum atomic E-state index is 14.2. The molecule has 0 bridgehead atoms. The van der Waals surface area contributed by atoms with Gasteiger partial charge < -0.3 is 4.57 Å². The van der Waals surface area contributed by atoms with Gasteiger partial charge in [-0.1, -0.05) is 24.3 Å². The number of hydrogen-bond donors (Lipinski definition) is 0. The number of fused-ring (bicyclic) bond motifs is 1. The van der Waals surface area contributed by atoms with Gasteiger partial charge in [0.25, 0.3) is 0 Å². The van der Waals surface area contributed by atoms with Crippen LogP contribution in [0.3, 0.4) is 0 Å². The van der Waals surface area contributed by atoms with E-state index in [1.807, 2.05) is 0 Å². The maximum absolute atomic E-state index is 14.2. The lowest BCUT2D eigenvalue weighted by Gasteiger charge is -2.15. The average molecular weight is 519 g/mol. The zero-order valence-corrected chi connectivity index (χ0v) is 18.7. The molecule has 0 saturated carbocycles. The lowest BCUT2D eigenvalue weighted by Crippen LogP contribution is -2.12. The molecule has 2 aliphatic heterocycles. The quantitative estimate of drug-likeness (QED) is 0.285. The first-order valence-corrected chi connectivity index (χ1v) is 10.9. The molecule has 190 valence electrons. The highest BCUT2D eigenvalue weighted by Crippen LogP contribution is 2.40. The van der Waals surface area contributed by atoms with Crippen LogP contribution in [0.2, 0.25) is 0 Å². The number of hydrogen-bond acceptors (Lipinski definition) is 4. The fourth-order valence-corrected chi connectivity index (χ4v) is 3.98. The molecule has 1 atom stereocenters.